The van der Waals surface area contributed by atoms with E-state index in [-0.39, 0.29) is 49.1 Å². The fraction of sp³-hybridized carbons (Fsp3) is 0.571. The van der Waals surface area contributed by atoms with Crippen LogP contribution in [0.2, 0.25) is 0 Å². The van der Waals surface area contributed by atoms with Gasteiger partial charge in [0.05, 0.1) is 0 Å². The molecule has 24 heavy (non-hydrogen) atoms. The average Bonchev–Trinajstić information content (AvgIpc) is 2.40. The fourth-order valence-electron chi connectivity index (χ4n) is 2.02. The lowest BCUT2D eigenvalue weighted by molar-refractivity contribution is -0.154. The molecule has 1 amide bonds. The summed E-state index contributed by atoms with van der Waals surface area (Å²) in [6.45, 7) is 2.37. The number of pyridine rings is 1. The van der Waals surface area contributed by atoms with Crippen LogP contribution >= 0.6 is 24.8 Å². The van der Waals surface area contributed by atoms with Crippen LogP contribution in [0.4, 0.5) is 13.2 Å². The highest BCUT2D eigenvalue weighted by atomic mass is 35.5. The normalized spacial score (nSPS) is 15.3. The minimum atomic E-state index is -4.40. The van der Waals surface area contributed by atoms with Crippen molar-refractivity contribution in [3.8, 4) is 5.88 Å². The maximum absolute atomic E-state index is 12.1. The summed E-state index contributed by atoms with van der Waals surface area (Å²) in [6, 6.07) is 3.01. The summed E-state index contributed by atoms with van der Waals surface area (Å²) < 4.78 is 40.8. The molecule has 2 heterocycles. The summed E-state index contributed by atoms with van der Waals surface area (Å²) in [7, 11) is 0. The molecule has 2 N–H and O–H groups in total. The Kier molecular flexibility index (Phi) is 9.39. The van der Waals surface area contributed by atoms with Crippen LogP contribution in [0.15, 0.2) is 18.3 Å². The van der Waals surface area contributed by atoms with E-state index in [0.29, 0.717) is 11.5 Å². The molecular formula is C14H20Cl2F3N3O2. The van der Waals surface area contributed by atoms with Crippen molar-refractivity contribution in [3.05, 3.63) is 23.9 Å². The first-order valence-electron chi connectivity index (χ1n) is 6.98. The highest BCUT2D eigenvalue weighted by Crippen LogP contribution is 2.18. The number of nitrogens with zero attached hydrogens (tertiary/aromatic N) is 1. The number of carbonyl (C=O) groups is 1. The number of amides is 1. The fourth-order valence-corrected chi connectivity index (χ4v) is 2.02. The third-order valence-corrected chi connectivity index (χ3v) is 3.58. The summed E-state index contributed by atoms with van der Waals surface area (Å²) in [4.78, 5) is 15.7. The molecule has 1 atom stereocenters. The van der Waals surface area contributed by atoms with Crippen molar-refractivity contribution < 1.29 is 22.7 Å². The second kappa shape index (κ2) is 9.90. The maximum atomic E-state index is 12.1. The Balaban J connectivity index is 0.00000264. The molecule has 0 bridgehead atoms. The lowest BCUT2D eigenvalue weighted by Gasteiger charge is -2.31. The van der Waals surface area contributed by atoms with Crippen LogP contribution in [0.5, 0.6) is 5.88 Å². The quantitative estimate of drug-likeness (QED) is 0.783. The van der Waals surface area contributed by atoms with Gasteiger partial charge in [-0.2, -0.15) is 13.2 Å². The topological polar surface area (TPSA) is 63.2 Å². The van der Waals surface area contributed by atoms with Gasteiger partial charge in [0.1, 0.15) is 0 Å². The van der Waals surface area contributed by atoms with Crippen LogP contribution in [0, 0.1) is 11.8 Å². The second-order valence-corrected chi connectivity index (χ2v) is 5.33. The van der Waals surface area contributed by atoms with E-state index in [9.17, 15) is 18.0 Å². The zero-order chi connectivity index (χ0) is 16.2. The Hall–Kier alpha value is -1.25. The number of ether oxygens (including phenoxy) is 1. The number of hydrogen-bond donors (Lipinski definition) is 2. The Morgan fingerprint density at radius 3 is 2.67 bits per heavy atom. The summed E-state index contributed by atoms with van der Waals surface area (Å²) >= 11 is 0. The predicted molar refractivity (Wildman–Crippen MR) is 87.7 cm³/mol. The third-order valence-electron chi connectivity index (χ3n) is 3.58. The van der Waals surface area contributed by atoms with Gasteiger partial charge < -0.3 is 15.4 Å². The summed E-state index contributed by atoms with van der Waals surface area (Å²) in [6.07, 6.45) is -3.05. The molecule has 138 valence electrons. The van der Waals surface area contributed by atoms with Crippen LogP contribution in [-0.4, -0.2) is 36.8 Å². The number of carbonyl (C=O) groups excluding carboxylic acids is 1. The highest BCUT2D eigenvalue weighted by Gasteiger charge is 2.29. The number of halogens is 5. The molecular weight excluding hydrogens is 370 g/mol. The van der Waals surface area contributed by atoms with Crippen molar-refractivity contribution >= 4 is 30.7 Å². The van der Waals surface area contributed by atoms with Gasteiger partial charge in [-0.25, -0.2) is 4.98 Å². The molecule has 1 fully saturated rings. The van der Waals surface area contributed by atoms with Crippen molar-refractivity contribution in [2.24, 2.45) is 11.8 Å². The standard InChI is InChI=1S/C14H18F3N3O2.2ClH/c1-9(11-6-18-7-11)13(21)20-5-10-2-3-19-12(4-10)22-8-14(15,16)17;;/h2-4,9,11,18H,5-8H2,1H3,(H,20,21);2*1H. The molecule has 2 rings (SSSR count). The molecule has 10 heteroatoms. The number of hydrogen-bond acceptors (Lipinski definition) is 4. The number of alkyl halides is 3. The highest BCUT2D eigenvalue weighted by molar-refractivity contribution is 5.85. The van der Waals surface area contributed by atoms with Crippen LogP contribution in [0.3, 0.4) is 0 Å². The van der Waals surface area contributed by atoms with Gasteiger partial charge in [-0.1, -0.05) is 6.92 Å². The molecule has 0 radical (unpaired) electrons. The number of aromatic nitrogens is 1. The van der Waals surface area contributed by atoms with Crippen LogP contribution in [-0.2, 0) is 11.3 Å². The lowest BCUT2D eigenvalue weighted by Crippen LogP contribution is -2.49. The van der Waals surface area contributed by atoms with Crippen molar-refractivity contribution in [1.29, 1.82) is 0 Å². The van der Waals surface area contributed by atoms with Gasteiger partial charge in [0, 0.05) is 24.7 Å². The van der Waals surface area contributed by atoms with E-state index < -0.39 is 12.8 Å². The number of nitrogens with one attached hydrogen (secondary N) is 2. The molecule has 0 spiro atoms. The first-order chi connectivity index (χ1) is 10.3. The smallest absolute Gasteiger partial charge is 0.422 e. The second-order valence-electron chi connectivity index (χ2n) is 5.33. The zero-order valence-corrected chi connectivity index (χ0v) is 14.6. The van der Waals surface area contributed by atoms with Crippen molar-refractivity contribution in [2.45, 2.75) is 19.6 Å². The molecule has 5 nitrogen and oxygen atoms in total. The molecule has 1 aliphatic heterocycles. The molecule has 1 unspecified atom stereocenters. The van der Waals surface area contributed by atoms with E-state index in [1.165, 1.54) is 12.3 Å². The predicted octanol–water partition coefficient (Wildman–Crippen LogP) is 2.34. The first kappa shape index (κ1) is 22.8. The van der Waals surface area contributed by atoms with Crippen LogP contribution in [0.25, 0.3) is 0 Å². The minimum Gasteiger partial charge on any atom is -0.468 e. The van der Waals surface area contributed by atoms with Gasteiger partial charge in [-0.05, 0) is 30.6 Å². The summed E-state index contributed by atoms with van der Waals surface area (Å²) in [5.74, 6) is 0.0635. The van der Waals surface area contributed by atoms with E-state index in [4.69, 9.17) is 0 Å². The summed E-state index contributed by atoms with van der Waals surface area (Å²) in [5.41, 5.74) is 0.638. The van der Waals surface area contributed by atoms with Crippen molar-refractivity contribution in [3.63, 3.8) is 0 Å². The Labute approximate surface area is 150 Å². The van der Waals surface area contributed by atoms with E-state index >= 15 is 0 Å². The first-order valence-corrected chi connectivity index (χ1v) is 6.98. The average molecular weight is 390 g/mol. The monoisotopic (exact) mass is 389 g/mol. The van der Waals surface area contributed by atoms with E-state index in [2.05, 4.69) is 20.4 Å². The molecule has 1 aromatic heterocycles. The largest absolute Gasteiger partial charge is 0.468 e. The van der Waals surface area contributed by atoms with Gasteiger partial charge in [0.2, 0.25) is 11.8 Å². The zero-order valence-electron chi connectivity index (χ0n) is 12.9. The molecule has 1 aliphatic rings. The Morgan fingerprint density at radius 1 is 1.46 bits per heavy atom. The molecule has 1 aromatic rings. The van der Waals surface area contributed by atoms with Crippen LogP contribution in [0.1, 0.15) is 12.5 Å². The SMILES string of the molecule is CC(C(=O)NCc1ccnc(OCC(F)(F)F)c1)C1CNC1.Cl.Cl. The third kappa shape index (κ3) is 7.11. The van der Waals surface area contributed by atoms with E-state index in [0.717, 1.165) is 13.1 Å². The lowest BCUT2D eigenvalue weighted by atomic mass is 9.88. The van der Waals surface area contributed by atoms with Gasteiger partial charge in [-0.3, -0.25) is 4.79 Å². The Morgan fingerprint density at radius 2 is 2.12 bits per heavy atom. The van der Waals surface area contributed by atoms with Crippen molar-refractivity contribution in [2.75, 3.05) is 19.7 Å². The summed E-state index contributed by atoms with van der Waals surface area (Å²) in [5, 5.41) is 5.88. The Bertz CT molecular complexity index is 528. The van der Waals surface area contributed by atoms with E-state index in [1.54, 1.807) is 6.07 Å². The molecule has 0 aromatic carbocycles. The number of rotatable bonds is 6. The molecule has 1 saturated heterocycles. The molecule has 0 aliphatic carbocycles. The van der Waals surface area contributed by atoms with Gasteiger partial charge in [0.25, 0.3) is 0 Å². The van der Waals surface area contributed by atoms with E-state index in [1.807, 2.05) is 6.92 Å². The molecule has 0 saturated carbocycles. The van der Waals surface area contributed by atoms with Gasteiger partial charge >= 0.3 is 6.18 Å². The van der Waals surface area contributed by atoms with Gasteiger partial charge in [0.15, 0.2) is 6.61 Å². The van der Waals surface area contributed by atoms with Crippen LogP contribution < -0.4 is 15.4 Å². The van der Waals surface area contributed by atoms with Gasteiger partial charge in [-0.15, -0.1) is 24.8 Å². The minimum absolute atomic E-state index is 0. The van der Waals surface area contributed by atoms with Crippen molar-refractivity contribution in [1.82, 2.24) is 15.6 Å². The maximum Gasteiger partial charge on any atom is 0.422 e.